The van der Waals surface area contributed by atoms with Gasteiger partial charge in [0.1, 0.15) is 23.9 Å². The Hall–Kier alpha value is -3.42. The second-order valence-electron chi connectivity index (χ2n) is 6.93. The lowest BCUT2D eigenvalue weighted by atomic mass is 10.1. The van der Waals surface area contributed by atoms with Gasteiger partial charge in [-0.2, -0.15) is 4.98 Å². The van der Waals surface area contributed by atoms with Crippen LogP contribution in [0.1, 0.15) is 18.4 Å². The zero-order valence-electron chi connectivity index (χ0n) is 16.4. The molecule has 1 unspecified atom stereocenters. The highest BCUT2D eigenvalue weighted by atomic mass is 16.5. The van der Waals surface area contributed by atoms with Crippen molar-refractivity contribution < 1.29 is 9.53 Å². The van der Waals surface area contributed by atoms with E-state index in [2.05, 4.69) is 25.2 Å². The number of methoxy groups -OCH3 is 1. The third kappa shape index (κ3) is 4.37. The predicted octanol–water partition coefficient (Wildman–Crippen LogP) is 2.00. The number of imidazole rings is 1. The molecule has 1 aliphatic heterocycles. The number of nitrogens with one attached hydrogen (secondary N) is 1. The molecule has 0 bridgehead atoms. The maximum atomic E-state index is 12.8. The molecule has 0 saturated carbocycles. The molecule has 29 heavy (non-hydrogen) atoms. The van der Waals surface area contributed by atoms with E-state index in [4.69, 9.17) is 4.74 Å². The molecule has 1 aromatic carbocycles. The Bertz CT molecular complexity index is 959. The minimum atomic E-state index is -0.217. The first kappa shape index (κ1) is 18.9. The monoisotopic (exact) mass is 392 g/mol. The Morgan fingerprint density at radius 1 is 1.31 bits per heavy atom. The summed E-state index contributed by atoms with van der Waals surface area (Å²) in [5.41, 5.74) is 1.13. The van der Waals surface area contributed by atoms with E-state index in [0.29, 0.717) is 12.5 Å². The van der Waals surface area contributed by atoms with Crippen LogP contribution in [0.25, 0.3) is 5.95 Å². The Kier molecular flexibility index (Phi) is 5.69. The first-order chi connectivity index (χ1) is 14.2. The fraction of sp³-hybridized carbons (Fsp3) is 0.333. The van der Waals surface area contributed by atoms with Gasteiger partial charge in [-0.05, 0) is 43.0 Å². The zero-order chi connectivity index (χ0) is 20.1. The van der Waals surface area contributed by atoms with Gasteiger partial charge in [-0.3, -0.25) is 9.36 Å². The summed E-state index contributed by atoms with van der Waals surface area (Å²) in [7, 11) is 1.65. The number of benzene rings is 1. The van der Waals surface area contributed by atoms with Gasteiger partial charge in [0.25, 0.3) is 0 Å². The van der Waals surface area contributed by atoms with Gasteiger partial charge in [0, 0.05) is 31.7 Å². The van der Waals surface area contributed by atoms with Crippen LogP contribution in [0.3, 0.4) is 0 Å². The topological polar surface area (TPSA) is 85.2 Å². The van der Waals surface area contributed by atoms with Gasteiger partial charge >= 0.3 is 0 Å². The summed E-state index contributed by atoms with van der Waals surface area (Å²) < 4.78 is 7.00. The van der Waals surface area contributed by atoms with Crippen molar-refractivity contribution in [3.63, 3.8) is 0 Å². The van der Waals surface area contributed by atoms with Crippen LogP contribution < -0.4 is 15.0 Å². The molecule has 1 aliphatic rings. The molecule has 0 spiro atoms. The number of aromatic nitrogens is 4. The van der Waals surface area contributed by atoms with Crippen molar-refractivity contribution in [1.82, 2.24) is 24.8 Å². The molecule has 1 atom stereocenters. The third-order valence-electron chi connectivity index (χ3n) is 5.06. The van der Waals surface area contributed by atoms with Gasteiger partial charge in [0.2, 0.25) is 11.9 Å². The van der Waals surface area contributed by atoms with E-state index in [0.717, 1.165) is 42.9 Å². The Morgan fingerprint density at radius 3 is 3.07 bits per heavy atom. The number of hydrogen-bond acceptors (Lipinski definition) is 6. The van der Waals surface area contributed by atoms with Gasteiger partial charge in [-0.25, -0.2) is 9.97 Å². The molecule has 0 radical (unpaired) electrons. The molecule has 1 amide bonds. The molecule has 3 heterocycles. The smallest absolute Gasteiger partial charge is 0.242 e. The number of carbonyl (C=O) groups excluding carboxylic acids is 1. The van der Waals surface area contributed by atoms with Crippen LogP contribution in [-0.4, -0.2) is 51.7 Å². The van der Waals surface area contributed by atoms with E-state index < -0.39 is 0 Å². The minimum absolute atomic E-state index is 0.0354. The van der Waals surface area contributed by atoms with Crippen LogP contribution >= 0.6 is 0 Å². The highest BCUT2D eigenvalue weighted by Gasteiger charge is 2.31. The summed E-state index contributed by atoms with van der Waals surface area (Å²) in [4.78, 5) is 27.8. The van der Waals surface area contributed by atoms with Crippen molar-refractivity contribution in [1.29, 1.82) is 0 Å². The van der Waals surface area contributed by atoms with Crippen LogP contribution in [0.2, 0.25) is 0 Å². The number of hydrogen-bond donors (Lipinski definition) is 1. The van der Waals surface area contributed by atoms with Crippen LogP contribution in [0.4, 0.5) is 5.82 Å². The number of nitrogens with zero attached hydrogens (tertiary/aromatic N) is 5. The molecule has 8 nitrogen and oxygen atoms in total. The molecular weight excluding hydrogens is 368 g/mol. The van der Waals surface area contributed by atoms with Gasteiger partial charge in [0.15, 0.2) is 0 Å². The van der Waals surface area contributed by atoms with Crippen molar-refractivity contribution in [3.8, 4) is 11.7 Å². The Balaban J connectivity index is 1.39. The van der Waals surface area contributed by atoms with Crippen LogP contribution in [-0.2, 0) is 11.2 Å². The van der Waals surface area contributed by atoms with Crippen LogP contribution in [0, 0.1) is 0 Å². The fourth-order valence-corrected chi connectivity index (χ4v) is 3.59. The van der Waals surface area contributed by atoms with Gasteiger partial charge in [-0.1, -0.05) is 12.1 Å². The molecule has 150 valence electrons. The van der Waals surface area contributed by atoms with E-state index in [-0.39, 0.29) is 11.9 Å². The standard InChI is InChI=1S/C21H24N6O2/c1-29-17-5-2-4-16(14-17)7-9-23-20(28)18-6-3-12-27(18)19-8-10-24-21(25-19)26-13-11-22-15-26/h2,4-5,8,10-11,13-15,18H,3,6-7,9,12H2,1H3,(H,23,28). The van der Waals surface area contributed by atoms with E-state index >= 15 is 0 Å². The summed E-state index contributed by atoms with van der Waals surface area (Å²) in [6, 6.07) is 9.54. The Labute approximate surface area is 169 Å². The minimum Gasteiger partial charge on any atom is -0.497 e. The van der Waals surface area contributed by atoms with Crippen molar-refractivity contribution in [2.75, 3.05) is 25.1 Å². The largest absolute Gasteiger partial charge is 0.497 e. The first-order valence-corrected chi connectivity index (χ1v) is 9.73. The molecule has 3 aromatic rings. The average molecular weight is 392 g/mol. The van der Waals surface area contributed by atoms with Crippen molar-refractivity contribution in [3.05, 3.63) is 60.8 Å². The number of rotatable bonds is 7. The molecule has 8 heteroatoms. The lowest BCUT2D eigenvalue weighted by Gasteiger charge is -2.25. The second kappa shape index (κ2) is 8.72. The lowest BCUT2D eigenvalue weighted by molar-refractivity contribution is -0.122. The number of carbonyl (C=O) groups is 1. The molecule has 1 saturated heterocycles. The fourth-order valence-electron chi connectivity index (χ4n) is 3.59. The van der Waals surface area contributed by atoms with Crippen LogP contribution in [0.15, 0.2) is 55.2 Å². The van der Waals surface area contributed by atoms with Crippen molar-refractivity contribution >= 4 is 11.7 Å². The normalized spacial score (nSPS) is 16.0. The van der Waals surface area contributed by atoms with E-state index in [1.807, 2.05) is 30.3 Å². The number of ether oxygens (including phenoxy) is 1. The zero-order valence-corrected chi connectivity index (χ0v) is 16.4. The maximum Gasteiger partial charge on any atom is 0.242 e. The summed E-state index contributed by atoms with van der Waals surface area (Å²) >= 11 is 0. The SMILES string of the molecule is COc1cccc(CCNC(=O)C2CCCN2c2ccnc(-n3ccnc3)n2)c1. The highest BCUT2D eigenvalue weighted by Crippen LogP contribution is 2.24. The summed E-state index contributed by atoms with van der Waals surface area (Å²) in [6.45, 7) is 1.38. The molecule has 0 aliphatic carbocycles. The van der Waals surface area contributed by atoms with E-state index in [9.17, 15) is 4.79 Å². The predicted molar refractivity (Wildman–Crippen MR) is 109 cm³/mol. The molecule has 1 fully saturated rings. The second-order valence-corrected chi connectivity index (χ2v) is 6.93. The average Bonchev–Trinajstić information content (AvgIpc) is 3.46. The van der Waals surface area contributed by atoms with E-state index in [1.165, 1.54) is 0 Å². The van der Waals surface area contributed by atoms with Crippen molar-refractivity contribution in [2.24, 2.45) is 0 Å². The summed E-state index contributed by atoms with van der Waals surface area (Å²) in [5.74, 6) is 2.17. The quantitative estimate of drug-likeness (QED) is 0.662. The maximum absolute atomic E-state index is 12.8. The molecular formula is C21H24N6O2. The number of anilines is 1. The highest BCUT2D eigenvalue weighted by molar-refractivity contribution is 5.85. The molecule has 2 aromatic heterocycles. The molecule has 4 rings (SSSR count). The van der Waals surface area contributed by atoms with Crippen molar-refractivity contribution in [2.45, 2.75) is 25.3 Å². The van der Waals surface area contributed by atoms with Crippen LogP contribution in [0.5, 0.6) is 5.75 Å². The lowest BCUT2D eigenvalue weighted by Crippen LogP contribution is -2.44. The third-order valence-corrected chi connectivity index (χ3v) is 5.06. The molecule has 1 N–H and O–H groups in total. The summed E-state index contributed by atoms with van der Waals surface area (Å²) in [5, 5.41) is 3.07. The number of amides is 1. The summed E-state index contributed by atoms with van der Waals surface area (Å²) in [6.07, 6.45) is 9.39. The first-order valence-electron chi connectivity index (χ1n) is 9.73. The van der Waals surface area contributed by atoms with Gasteiger partial charge < -0.3 is 15.0 Å². The van der Waals surface area contributed by atoms with E-state index in [1.54, 1.807) is 36.6 Å². The Morgan fingerprint density at radius 2 is 2.24 bits per heavy atom. The van der Waals surface area contributed by atoms with Gasteiger partial charge in [-0.15, -0.1) is 0 Å². The van der Waals surface area contributed by atoms with Gasteiger partial charge in [0.05, 0.1) is 7.11 Å².